The van der Waals surface area contributed by atoms with E-state index in [1.807, 2.05) is 13.0 Å². The lowest BCUT2D eigenvalue weighted by Gasteiger charge is -2.24. The first-order valence-corrected chi connectivity index (χ1v) is 6.83. The fourth-order valence-electron chi connectivity index (χ4n) is 1.83. The molecule has 0 bridgehead atoms. The third kappa shape index (κ3) is 4.87. The van der Waals surface area contributed by atoms with Gasteiger partial charge in [-0.1, -0.05) is 13.3 Å². The smallest absolute Gasteiger partial charge is 0.269 e. The highest BCUT2D eigenvalue weighted by Crippen LogP contribution is 2.15. The highest BCUT2D eigenvalue weighted by Gasteiger charge is 2.10. The number of carbonyl (C=O) groups excluding carboxylic acids is 1. The molecule has 5 nitrogen and oxygen atoms in total. The lowest BCUT2D eigenvalue weighted by atomic mass is 10.2. The number of nitrogens with one attached hydrogen (secondary N) is 1. The van der Waals surface area contributed by atoms with E-state index < -0.39 is 0 Å². The summed E-state index contributed by atoms with van der Waals surface area (Å²) >= 11 is 0. The monoisotopic (exact) mass is 265 g/mol. The Labute approximate surface area is 114 Å². The van der Waals surface area contributed by atoms with Gasteiger partial charge in [-0.15, -0.1) is 0 Å². The molecule has 0 fully saturated rings. The Kier molecular flexibility index (Phi) is 6.89. The number of unbranched alkanes of at least 4 members (excludes halogenated alkanes) is 1. The predicted molar refractivity (Wildman–Crippen MR) is 76.5 cm³/mol. The van der Waals surface area contributed by atoms with Crippen molar-refractivity contribution in [1.29, 1.82) is 0 Å². The van der Waals surface area contributed by atoms with Gasteiger partial charge < -0.3 is 15.3 Å². The van der Waals surface area contributed by atoms with E-state index in [1.54, 1.807) is 12.3 Å². The summed E-state index contributed by atoms with van der Waals surface area (Å²) in [6.07, 6.45) is 3.78. The van der Waals surface area contributed by atoms with Crippen LogP contribution in [0, 0.1) is 0 Å². The highest BCUT2D eigenvalue weighted by atomic mass is 16.3. The topological polar surface area (TPSA) is 65.5 Å². The maximum Gasteiger partial charge on any atom is 0.269 e. The van der Waals surface area contributed by atoms with Crippen LogP contribution < -0.4 is 10.2 Å². The second-order valence-electron chi connectivity index (χ2n) is 4.32. The third-order valence-electron chi connectivity index (χ3n) is 2.83. The van der Waals surface area contributed by atoms with Crippen LogP contribution in [-0.4, -0.2) is 42.2 Å². The third-order valence-corrected chi connectivity index (χ3v) is 2.83. The zero-order chi connectivity index (χ0) is 14.1. The number of aromatic nitrogens is 1. The van der Waals surface area contributed by atoms with Gasteiger partial charge in [0.15, 0.2) is 0 Å². The molecule has 0 aliphatic rings. The maximum absolute atomic E-state index is 11.7. The quantitative estimate of drug-likeness (QED) is 0.746. The molecule has 0 spiro atoms. The van der Waals surface area contributed by atoms with E-state index >= 15 is 0 Å². The number of rotatable bonds is 8. The molecule has 0 atom stereocenters. The van der Waals surface area contributed by atoms with Crippen molar-refractivity contribution in [2.45, 2.75) is 26.7 Å². The number of aliphatic hydroxyl groups excluding tert-OH is 1. The van der Waals surface area contributed by atoms with E-state index in [1.165, 1.54) is 0 Å². The fraction of sp³-hybridized carbons (Fsp3) is 0.571. The molecular weight excluding hydrogens is 242 g/mol. The number of amides is 1. The van der Waals surface area contributed by atoms with E-state index in [0.29, 0.717) is 18.8 Å². The summed E-state index contributed by atoms with van der Waals surface area (Å²) in [6.45, 7) is 6.13. The minimum Gasteiger partial charge on any atom is -0.395 e. The summed E-state index contributed by atoms with van der Waals surface area (Å²) < 4.78 is 0. The summed E-state index contributed by atoms with van der Waals surface area (Å²) in [5.74, 6) is -0.163. The van der Waals surface area contributed by atoms with Crippen LogP contribution in [0.4, 0.5) is 5.69 Å². The van der Waals surface area contributed by atoms with Crippen molar-refractivity contribution in [1.82, 2.24) is 10.3 Å². The molecule has 1 amide bonds. The maximum atomic E-state index is 11.7. The van der Waals surface area contributed by atoms with Gasteiger partial charge in [-0.2, -0.15) is 0 Å². The summed E-state index contributed by atoms with van der Waals surface area (Å²) in [7, 11) is 0. The normalized spacial score (nSPS) is 10.3. The Hall–Kier alpha value is -1.62. The molecule has 0 saturated heterocycles. The summed E-state index contributed by atoms with van der Waals surface area (Å²) in [6, 6.07) is 3.64. The lowest BCUT2D eigenvalue weighted by molar-refractivity contribution is 0.0951. The Morgan fingerprint density at radius 3 is 2.84 bits per heavy atom. The second-order valence-corrected chi connectivity index (χ2v) is 4.32. The molecule has 1 heterocycles. The molecule has 5 heteroatoms. The van der Waals surface area contributed by atoms with E-state index in [-0.39, 0.29) is 12.5 Å². The van der Waals surface area contributed by atoms with Gasteiger partial charge in [0.05, 0.1) is 6.61 Å². The molecule has 1 aromatic heterocycles. The highest BCUT2D eigenvalue weighted by molar-refractivity contribution is 5.93. The Balaban J connectivity index is 2.84. The van der Waals surface area contributed by atoms with Gasteiger partial charge in [-0.05, 0) is 25.5 Å². The summed E-state index contributed by atoms with van der Waals surface area (Å²) in [5, 5.41) is 11.9. The Morgan fingerprint density at radius 2 is 2.21 bits per heavy atom. The first-order valence-electron chi connectivity index (χ1n) is 6.83. The number of anilines is 1. The van der Waals surface area contributed by atoms with E-state index in [9.17, 15) is 4.79 Å². The van der Waals surface area contributed by atoms with Crippen molar-refractivity contribution >= 4 is 11.6 Å². The van der Waals surface area contributed by atoms with Crippen LogP contribution in [0.2, 0.25) is 0 Å². The predicted octanol–water partition coefficient (Wildman–Crippen LogP) is 1.43. The van der Waals surface area contributed by atoms with Gasteiger partial charge in [0.25, 0.3) is 5.91 Å². The standard InChI is InChI=1S/C14H23N3O2/c1-3-5-8-17(9-10-18)12-6-7-16-13(11-12)14(19)15-4-2/h6-7,11,18H,3-5,8-10H2,1-2H3,(H,15,19). The van der Waals surface area contributed by atoms with Crippen molar-refractivity contribution in [3.05, 3.63) is 24.0 Å². The largest absolute Gasteiger partial charge is 0.395 e. The van der Waals surface area contributed by atoms with Crippen LogP contribution in [0.25, 0.3) is 0 Å². The molecule has 0 aliphatic carbocycles. The van der Waals surface area contributed by atoms with Crippen LogP contribution in [0.1, 0.15) is 37.2 Å². The average Bonchev–Trinajstić information content (AvgIpc) is 2.44. The average molecular weight is 265 g/mol. The number of pyridine rings is 1. The van der Waals surface area contributed by atoms with Crippen molar-refractivity contribution in [3.63, 3.8) is 0 Å². The van der Waals surface area contributed by atoms with Crippen molar-refractivity contribution < 1.29 is 9.90 Å². The van der Waals surface area contributed by atoms with Crippen molar-refractivity contribution in [2.24, 2.45) is 0 Å². The first-order chi connectivity index (χ1) is 9.22. The van der Waals surface area contributed by atoms with Gasteiger partial charge in [0.2, 0.25) is 0 Å². The lowest BCUT2D eigenvalue weighted by Crippen LogP contribution is -2.29. The molecule has 2 N–H and O–H groups in total. The molecule has 0 saturated carbocycles. The van der Waals surface area contributed by atoms with Crippen molar-refractivity contribution in [2.75, 3.05) is 31.1 Å². The molecule has 0 unspecified atom stereocenters. The van der Waals surface area contributed by atoms with E-state index in [4.69, 9.17) is 5.11 Å². The number of carbonyl (C=O) groups is 1. The van der Waals surface area contributed by atoms with Crippen LogP contribution in [0.5, 0.6) is 0 Å². The minimum atomic E-state index is -0.163. The molecular formula is C14H23N3O2. The second kappa shape index (κ2) is 8.48. The number of hydrogen-bond donors (Lipinski definition) is 2. The number of aliphatic hydroxyl groups is 1. The van der Waals surface area contributed by atoms with Crippen LogP contribution in [0.15, 0.2) is 18.3 Å². The molecule has 0 radical (unpaired) electrons. The Morgan fingerprint density at radius 1 is 1.42 bits per heavy atom. The number of hydrogen-bond acceptors (Lipinski definition) is 4. The minimum absolute atomic E-state index is 0.0997. The fourth-order valence-corrected chi connectivity index (χ4v) is 1.83. The van der Waals surface area contributed by atoms with Crippen LogP contribution in [-0.2, 0) is 0 Å². The SMILES string of the molecule is CCCCN(CCO)c1ccnc(C(=O)NCC)c1. The molecule has 19 heavy (non-hydrogen) atoms. The Bertz CT molecular complexity index is 396. The molecule has 1 rings (SSSR count). The van der Waals surface area contributed by atoms with Gasteiger partial charge >= 0.3 is 0 Å². The zero-order valence-corrected chi connectivity index (χ0v) is 11.7. The molecule has 106 valence electrons. The first kappa shape index (κ1) is 15.4. The summed E-state index contributed by atoms with van der Waals surface area (Å²) in [5.41, 5.74) is 1.34. The zero-order valence-electron chi connectivity index (χ0n) is 11.7. The van der Waals surface area contributed by atoms with Crippen LogP contribution >= 0.6 is 0 Å². The molecule has 0 aromatic carbocycles. The molecule has 0 aliphatic heterocycles. The van der Waals surface area contributed by atoms with E-state index in [0.717, 1.165) is 25.1 Å². The van der Waals surface area contributed by atoms with Gasteiger partial charge in [-0.3, -0.25) is 9.78 Å². The van der Waals surface area contributed by atoms with Crippen molar-refractivity contribution in [3.8, 4) is 0 Å². The van der Waals surface area contributed by atoms with E-state index in [2.05, 4.69) is 22.1 Å². The molecule has 1 aromatic rings. The van der Waals surface area contributed by atoms with Gasteiger partial charge in [0, 0.05) is 31.5 Å². The number of nitrogens with zero attached hydrogens (tertiary/aromatic N) is 2. The van der Waals surface area contributed by atoms with Crippen LogP contribution in [0.3, 0.4) is 0 Å². The summed E-state index contributed by atoms with van der Waals surface area (Å²) in [4.78, 5) is 17.9. The van der Waals surface area contributed by atoms with Gasteiger partial charge in [-0.25, -0.2) is 0 Å². The van der Waals surface area contributed by atoms with Gasteiger partial charge in [0.1, 0.15) is 5.69 Å².